The van der Waals surface area contributed by atoms with E-state index in [1.807, 2.05) is 0 Å². The monoisotopic (exact) mass is 269 g/mol. The van der Waals surface area contributed by atoms with Crippen molar-refractivity contribution in [3.05, 3.63) is 12.3 Å². The molecular weight excluding hydrogens is 234 g/mol. The van der Waals surface area contributed by atoms with Crippen LogP contribution in [0.1, 0.15) is 66.7 Å². The van der Waals surface area contributed by atoms with Gasteiger partial charge < -0.3 is 4.74 Å². The first-order valence-electron chi connectivity index (χ1n) is 8.02. The van der Waals surface area contributed by atoms with Crippen molar-refractivity contribution in [2.75, 3.05) is 26.2 Å². The Kier molecular flexibility index (Phi) is 10.0. The van der Waals surface area contributed by atoms with E-state index in [-0.39, 0.29) is 5.41 Å². The van der Waals surface area contributed by atoms with Crippen LogP contribution >= 0.6 is 0 Å². The van der Waals surface area contributed by atoms with E-state index in [1.165, 1.54) is 38.8 Å². The Balaban J connectivity index is 3.99. The maximum absolute atomic E-state index is 5.85. The lowest BCUT2D eigenvalue weighted by Crippen LogP contribution is -2.30. The number of nitrogens with zero attached hydrogens (tertiary/aromatic N) is 1. The molecule has 2 nitrogen and oxygen atoms in total. The van der Waals surface area contributed by atoms with Gasteiger partial charge in [0.25, 0.3) is 0 Å². The summed E-state index contributed by atoms with van der Waals surface area (Å²) in [5, 5.41) is 0. The standard InChI is InChI=1S/C17H35NO/c1-7-10-12-18(13-11-8-2)14-15-19-16(4)17(5,6)9-3/h4,7-15H2,1-3,5-6H3. The predicted octanol–water partition coefficient (Wildman–Crippen LogP) is 4.86. The average molecular weight is 269 g/mol. The topological polar surface area (TPSA) is 12.5 Å². The molecule has 0 rings (SSSR count). The van der Waals surface area contributed by atoms with E-state index in [0.717, 1.165) is 25.3 Å². The minimum Gasteiger partial charge on any atom is -0.497 e. The van der Waals surface area contributed by atoms with E-state index in [2.05, 4.69) is 46.1 Å². The zero-order valence-electron chi connectivity index (χ0n) is 13.9. The summed E-state index contributed by atoms with van der Waals surface area (Å²) in [6.45, 7) is 19.3. The average Bonchev–Trinajstić information content (AvgIpc) is 2.40. The van der Waals surface area contributed by atoms with Crippen molar-refractivity contribution in [3.63, 3.8) is 0 Å². The fraction of sp³-hybridized carbons (Fsp3) is 0.882. The summed E-state index contributed by atoms with van der Waals surface area (Å²) in [7, 11) is 0. The van der Waals surface area contributed by atoms with Crippen molar-refractivity contribution in [2.45, 2.75) is 66.7 Å². The summed E-state index contributed by atoms with van der Waals surface area (Å²) < 4.78 is 5.85. The van der Waals surface area contributed by atoms with Crippen LogP contribution in [0.15, 0.2) is 12.3 Å². The SMILES string of the molecule is C=C(OCCN(CCCC)CCCC)C(C)(C)CC. The molecule has 0 aromatic carbocycles. The molecule has 0 atom stereocenters. The van der Waals surface area contributed by atoms with Gasteiger partial charge >= 0.3 is 0 Å². The van der Waals surface area contributed by atoms with E-state index in [9.17, 15) is 0 Å². The molecule has 0 aromatic heterocycles. The molecule has 0 bridgehead atoms. The molecular formula is C17H35NO. The molecule has 2 heteroatoms. The lowest BCUT2D eigenvalue weighted by atomic mass is 9.88. The zero-order chi connectivity index (χ0) is 14.7. The largest absolute Gasteiger partial charge is 0.497 e. The molecule has 114 valence electrons. The quantitative estimate of drug-likeness (QED) is 0.469. The third-order valence-electron chi connectivity index (χ3n) is 3.98. The second kappa shape index (κ2) is 10.3. The van der Waals surface area contributed by atoms with Gasteiger partial charge in [-0.15, -0.1) is 0 Å². The van der Waals surface area contributed by atoms with Crippen molar-refractivity contribution < 1.29 is 4.74 Å². The first-order valence-corrected chi connectivity index (χ1v) is 8.02. The molecule has 0 fully saturated rings. The normalized spacial score (nSPS) is 11.9. The van der Waals surface area contributed by atoms with Crippen LogP contribution in [0, 0.1) is 5.41 Å². The fourth-order valence-electron chi connectivity index (χ4n) is 1.79. The Morgan fingerprint density at radius 1 is 1.00 bits per heavy atom. The number of rotatable bonds is 12. The number of unbranched alkanes of at least 4 members (excludes halogenated alkanes) is 2. The van der Waals surface area contributed by atoms with Gasteiger partial charge in [0.15, 0.2) is 0 Å². The van der Waals surface area contributed by atoms with E-state index < -0.39 is 0 Å². The van der Waals surface area contributed by atoms with Gasteiger partial charge in [-0.2, -0.15) is 0 Å². The van der Waals surface area contributed by atoms with Crippen LogP contribution in [0.3, 0.4) is 0 Å². The Labute approximate surface area is 121 Å². The first-order chi connectivity index (χ1) is 8.97. The Bertz CT molecular complexity index is 227. The lowest BCUT2D eigenvalue weighted by molar-refractivity contribution is 0.113. The summed E-state index contributed by atoms with van der Waals surface area (Å²) in [6.07, 6.45) is 6.16. The maximum atomic E-state index is 5.85. The van der Waals surface area contributed by atoms with Crippen LogP contribution in [0.25, 0.3) is 0 Å². The molecule has 0 saturated carbocycles. The van der Waals surface area contributed by atoms with Crippen LogP contribution in [0.4, 0.5) is 0 Å². The Hall–Kier alpha value is -0.500. The predicted molar refractivity (Wildman–Crippen MR) is 85.4 cm³/mol. The highest BCUT2D eigenvalue weighted by Gasteiger charge is 2.20. The highest BCUT2D eigenvalue weighted by molar-refractivity contribution is 4.97. The second-order valence-corrected chi connectivity index (χ2v) is 6.06. The Morgan fingerprint density at radius 3 is 1.95 bits per heavy atom. The second-order valence-electron chi connectivity index (χ2n) is 6.06. The van der Waals surface area contributed by atoms with Crippen LogP contribution in [0.5, 0.6) is 0 Å². The van der Waals surface area contributed by atoms with Gasteiger partial charge in [0.05, 0.1) is 5.76 Å². The van der Waals surface area contributed by atoms with Gasteiger partial charge in [0.2, 0.25) is 0 Å². The third-order valence-corrected chi connectivity index (χ3v) is 3.98. The molecule has 19 heavy (non-hydrogen) atoms. The molecule has 0 aromatic rings. The van der Waals surface area contributed by atoms with Gasteiger partial charge in [-0.1, -0.05) is 54.0 Å². The highest BCUT2D eigenvalue weighted by Crippen LogP contribution is 2.29. The molecule has 0 amide bonds. The highest BCUT2D eigenvalue weighted by atomic mass is 16.5. The molecule has 0 aliphatic rings. The molecule has 0 aliphatic heterocycles. The minimum absolute atomic E-state index is 0.0949. The van der Waals surface area contributed by atoms with Gasteiger partial charge in [-0.05, 0) is 32.4 Å². The number of hydrogen-bond donors (Lipinski definition) is 0. The molecule has 0 saturated heterocycles. The van der Waals surface area contributed by atoms with Gasteiger partial charge in [0, 0.05) is 12.0 Å². The summed E-state index contributed by atoms with van der Waals surface area (Å²) in [5.74, 6) is 0.931. The van der Waals surface area contributed by atoms with E-state index in [1.54, 1.807) is 0 Å². The number of hydrogen-bond acceptors (Lipinski definition) is 2. The van der Waals surface area contributed by atoms with Crippen LogP contribution in [-0.4, -0.2) is 31.1 Å². The number of ether oxygens (including phenoxy) is 1. The van der Waals surface area contributed by atoms with Gasteiger partial charge in [0.1, 0.15) is 6.61 Å². The summed E-state index contributed by atoms with van der Waals surface area (Å²) in [6, 6.07) is 0. The summed E-state index contributed by atoms with van der Waals surface area (Å²) >= 11 is 0. The van der Waals surface area contributed by atoms with E-state index in [0.29, 0.717) is 0 Å². The summed E-state index contributed by atoms with van der Waals surface area (Å²) in [4.78, 5) is 2.53. The molecule has 0 aliphatic carbocycles. The Morgan fingerprint density at radius 2 is 1.53 bits per heavy atom. The van der Waals surface area contributed by atoms with Gasteiger partial charge in [-0.25, -0.2) is 0 Å². The maximum Gasteiger partial charge on any atom is 0.100 e. The van der Waals surface area contributed by atoms with Gasteiger partial charge in [-0.3, -0.25) is 4.90 Å². The van der Waals surface area contributed by atoms with Crippen molar-refractivity contribution in [1.29, 1.82) is 0 Å². The van der Waals surface area contributed by atoms with Crippen molar-refractivity contribution in [1.82, 2.24) is 4.90 Å². The molecule has 0 heterocycles. The summed E-state index contributed by atoms with van der Waals surface area (Å²) in [5.41, 5.74) is 0.0949. The van der Waals surface area contributed by atoms with Crippen molar-refractivity contribution in [3.8, 4) is 0 Å². The van der Waals surface area contributed by atoms with Crippen LogP contribution in [0.2, 0.25) is 0 Å². The smallest absolute Gasteiger partial charge is 0.100 e. The van der Waals surface area contributed by atoms with Crippen molar-refractivity contribution >= 4 is 0 Å². The van der Waals surface area contributed by atoms with Crippen LogP contribution < -0.4 is 0 Å². The lowest BCUT2D eigenvalue weighted by Gasteiger charge is -2.27. The molecule has 0 radical (unpaired) electrons. The first kappa shape index (κ1) is 18.5. The number of allylic oxidation sites excluding steroid dienone is 1. The fourth-order valence-corrected chi connectivity index (χ4v) is 1.79. The van der Waals surface area contributed by atoms with E-state index >= 15 is 0 Å². The minimum atomic E-state index is 0.0949. The van der Waals surface area contributed by atoms with Crippen molar-refractivity contribution in [2.24, 2.45) is 5.41 Å². The molecule has 0 N–H and O–H groups in total. The zero-order valence-corrected chi connectivity index (χ0v) is 13.9. The molecule has 0 spiro atoms. The van der Waals surface area contributed by atoms with Crippen LogP contribution in [-0.2, 0) is 4.74 Å². The third kappa shape index (κ3) is 8.30. The van der Waals surface area contributed by atoms with E-state index in [4.69, 9.17) is 4.74 Å². The molecule has 0 unspecified atom stereocenters.